The number of carbonyl (C=O) groups is 1. The molecule has 3 aromatic carbocycles. The van der Waals surface area contributed by atoms with Gasteiger partial charge >= 0.3 is 5.97 Å². The number of carbonyl (C=O) groups excluding carboxylic acids is 1. The summed E-state index contributed by atoms with van der Waals surface area (Å²) in [6.07, 6.45) is 2.96. The molecule has 1 atom stereocenters. The Bertz CT molecular complexity index is 1130. The number of nitrogens with zero attached hydrogens (tertiary/aromatic N) is 1. The third-order valence-electron chi connectivity index (χ3n) is 4.14. The summed E-state index contributed by atoms with van der Waals surface area (Å²) in [6.45, 7) is 5.17. The molecule has 0 saturated carbocycles. The van der Waals surface area contributed by atoms with Crippen molar-refractivity contribution >= 4 is 29.0 Å². The second-order valence-electron chi connectivity index (χ2n) is 7.93. The van der Waals surface area contributed by atoms with E-state index in [0.29, 0.717) is 11.5 Å². The van der Waals surface area contributed by atoms with E-state index in [9.17, 15) is 13.6 Å². The molecule has 0 radical (unpaired) electrons. The van der Waals surface area contributed by atoms with Crippen LogP contribution in [-0.4, -0.2) is 20.3 Å². The normalized spacial score (nSPS) is 12.4. The highest BCUT2D eigenvalue weighted by Gasteiger charge is 2.22. The largest absolute Gasteiger partial charge is 0.755 e. The number of benzene rings is 3. The maximum absolute atomic E-state index is 12.7. The molecule has 3 rings (SSSR count). The summed E-state index contributed by atoms with van der Waals surface area (Å²) in [5.41, 5.74) is 0.0818. The van der Waals surface area contributed by atoms with Gasteiger partial charge in [-0.2, -0.15) is 4.89 Å². The molecule has 0 N–H and O–H groups in total. The Morgan fingerprint density at radius 1 is 0.939 bits per heavy atom. The van der Waals surface area contributed by atoms with E-state index in [1.807, 2.05) is 48.5 Å². The molecule has 0 aliphatic heterocycles. The van der Waals surface area contributed by atoms with Crippen LogP contribution in [0.5, 0.6) is 11.5 Å². The van der Waals surface area contributed by atoms with Gasteiger partial charge in [0.15, 0.2) is 0 Å². The monoisotopic (exact) mass is 466 g/mol. The second-order valence-corrected chi connectivity index (χ2v) is 8.76. The molecule has 0 aliphatic rings. The molecule has 0 saturated heterocycles. The predicted octanol–water partition coefficient (Wildman–Crippen LogP) is 5.64. The van der Waals surface area contributed by atoms with Crippen LogP contribution in [0.1, 0.15) is 36.7 Å². The summed E-state index contributed by atoms with van der Waals surface area (Å²) < 4.78 is 31.0. The van der Waals surface area contributed by atoms with Crippen LogP contribution >= 0.6 is 0 Å². The lowest BCUT2D eigenvalue weighted by Crippen LogP contribution is -2.24. The van der Waals surface area contributed by atoms with Crippen molar-refractivity contribution in [3.63, 3.8) is 0 Å². The average molecular weight is 467 g/mol. The number of rotatable bonds is 8. The van der Waals surface area contributed by atoms with Crippen molar-refractivity contribution in [2.45, 2.75) is 26.4 Å². The minimum Gasteiger partial charge on any atom is -0.755 e. The number of para-hydroxylation sites is 1. The maximum Gasteiger partial charge on any atom is 0.375 e. The van der Waals surface area contributed by atoms with Gasteiger partial charge in [-0.15, -0.1) is 0 Å². The van der Waals surface area contributed by atoms with E-state index in [2.05, 4.69) is 0 Å². The second kappa shape index (κ2) is 10.9. The smallest absolute Gasteiger partial charge is 0.375 e. The number of ether oxygens (including phenoxy) is 1. The van der Waals surface area contributed by atoms with Gasteiger partial charge in [-0.25, -0.2) is 4.79 Å². The van der Waals surface area contributed by atoms with E-state index in [-0.39, 0.29) is 11.3 Å². The van der Waals surface area contributed by atoms with Crippen LogP contribution in [0.15, 0.2) is 85.1 Å². The van der Waals surface area contributed by atoms with Gasteiger partial charge in [0.25, 0.3) is 0 Å². The van der Waals surface area contributed by atoms with Gasteiger partial charge in [0.1, 0.15) is 17.1 Å². The van der Waals surface area contributed by atoms with Crippen LogP contribution in [0.2, 0.25) is 0 Å². The Kier molecular flexibility index (Phi) is 8.00. The quantitative estimate of drug-likeness (QED) is 0.243. The highest BCUT2D eigenvalue weighted by atomic mass is 32.2. The van der Waals surface area contributed by atoms with Crippen LogP contribution in [0.3, 0.4) is 0 Å². The number of hydrogen-bond acceptors (Lipinski definition) is 6. The molecule has 7 nitrogen and oxygen atoms in total. The zero-order chi connectivity index (χ0) is 23.8. The third kappa shape index (κ3) is 7.28. The van der Waals surface area contributed by atoms with Crippen molar-refractivity contribution < 1.29 is 28.1 Å². The van der Waals surface area contributed by atoms with Gasteiger partial charge in [-0.05, 0) is 56.7 Å². The Hall–Kier alpha value is -3.46. The predicted molar refractivity (Wildman–Crippen MR) is 126 cm³/mol. The lowest BCUT2D eigenvalue weighted by molar-refractivity contribution is -0.301. The Labute approximate surface area is 195 Å². The summed E-state index contributed by atoms with van der Waals surface area (Å²) >= 11 is -2.74. The summed E-state index contributed by atoms with van der Waals surface area (Å²) in [4.78, 5) is 22.8. The SMILES string of the molecule is CC(C)(C)OOC(=O)c1ccc(Oc2ccccc2)cc1N(/C=C/c1ccccc1)S(=O)[O-]. The third-order valence-corrected chi connectivity index (χ3v) is 4.77. The molecule has 0 amide bonds. The fourth-order valence-electron chi connectivity index (χ4n) is 2.69. The van der Waals surface area contributed by atoms with E-state index in [1.54, 1.807) is 45.0 Å². The Morgan fingerprint density at radius 2 is 1.58 bits per heavy atom. The number of anilines is 1. The van der Waals surface area contributed by atoms with Crippen LogP contribution < -0.4 is 9.04 Å². The maximum atomic E-state index is 12.7. The summed E-state index contributed by atoms with van der Waals surface area (Å²) in [5, 5.41) is 0. The van der Waals surface area contributed by atoms with Crippen molar-refractivity contribution in [1.82, 2.24) is 0 Å². The minimum atomic E-state index is -2.74. The minimum absolute atomic E-state index is 0.0124. The summed E-state index contributed by atoms with van der Waals surface area (Å²) in [5.74, 6) is 0.0623. The molecule has 0 spiro atoms. The van der Waals surface area contributed by atoms with Gasteiger partial charge in [-0.1, -0.05) is 48.5 Å². The van der Waals surface area contributed by atoms with Crippen molar-refractivity contribution in [3.8, 4) is 11.5 Å². The molecule has 0 heterocycles. The fraction of sp³-hybridized carbons (Fsp3) is 0.160. The first-order chi connectivity index (χ1) is 15.7. The van der Waals surface area contributed by atoms with Crippen LogP contribution in [0.25, 0.3) is 6.08 Å². The van der Waals surface area contributed by atoms with Crippen molar-refractivity contribution in [2.75, 3.05) is 4.31 Å². The first-order valence-electron chi connectivity index (χ1n) is 10.1. The van der Waals surface area contributed by atoms with E-state index >= 15 is 0 Å². The first kappa shape index (κ1) is 24.2. The van der Waals surface area contributed by atoms with E-state index in [0.717, 1.165) is 9.87 Å². The summed E-state index contributed by atoms with van der Waals surface area (Å²) in [6, 6.07) is 22.6. The van der Waals surface area contributed by atoms with Gasteiger partial charge in [0, 0.05) is 12.3 Å². The van der Waals surface area contributed by atoms with Crippen LogP contribution in [-0.2, 0) is 21.0 Å². The van der Waals surface area contributed by atoms with Crippen molar-refractivity contribution in [2.24, 2.45) is 0 Å². The van der Waals surface area contributed by atoms with Gasteiger partial charge in [0.2, 0.25) is 0 Å². The van der Waals surface area contributed by atoms with Crippen molar-refractivity contribution in [1.29, 1.82) is 0 Å². The van der Waals surface area contributed by atoms with E-state index in [4.69, 9.17) is 14.5 Å². The lowest BCUT2D eigenvalue weighted by atomic mass is 10.1. The molecule has 3 aromatic rings. The molecule has 172 valence electrons. The van der Waals surface area contributed by atoms with Gasteiger partial charge < -0.3 is 9.29 Å². The zero-order valence-electron chi connectivity index (χ0n) is 18.5. The number of hydrogen-bond donors (Lipinski definition) is 0. The summed E-state index contributed by atoms with van der Waals surface area (Å²) in [7, 11) is 0. The molecule has 0 aromatic heterocycles. The average Bonchev–Trinajstić information content (AvgIpc) is 2.78. The molecule has 1 unspecified atom stereocenters. The molecule has 33 heavy (non-hydrogen) atoms. The molecular weight excluding hydrogens is 442 g/mol. The highest BCUT2D eigenvalue weighted by molar-refractivity contribution is 7.80. The van der Waals surface area contributed by atoms with Gasteiger partial charge in [0.05, 0.1) is 22.5 Å². The fourth-order valence-corrected chi connectivity index (χ4v) is 3.16. The topological polar surface area (TPSA) is 88.1 Å². The molecule has 0 aliphatic carbocycles. The van der Waals surface area contributed by atoms with E-state index < -0.39 is 22.8 Å². The molecule has 0 bridgehead atoms. The van der Waals surface area contributed by atoms with Gasteiger partial charge in [-0.3, -0.25) is 13.4 Å². The lowest BCUT2D eigenvalue weighted by Gasteiger charge is -2.25. The van der Waals surface area contributed by atoms with Crippen LogP contribution in [0.4, 0.5) is 5.69 Å². The Balaban J connectivity index is 2.00. The Morgan fingerprint density at radius 3 is 2.18 bits per heavy atom. The van der Waals surface area contributed by atoms with Crippen molar-refractivity contribution in [3.05, 3.63) is 96.2 Å². The van der Waals surface area contributed by atoms with Crippen LogP contribution in [0, 0.1) is 0 Å². The highest BCUT2D eigenvalue weighted by Crippen LogP contribution is 2.31. The zero-order valence-corrected chi connectivity index (χ0v) is 19.3. The molecular formula is C25H24NO6S-. The standard InChI is InChI=1S/C25H25NO6S/c1-25(2,3)32-31-24(27)22-15-14-21(30-20-12-8-5-9-13-20)18-23(22)26(33(28)29)17-16-19-10-6-4-7-11-19/h4-18H,1-3H3,(H,28,29)/p-1/b17-16+. The first-order valence-corrected chi connectivity index (χ1v) is 11.1. The molecule has 8 heteroatoms. The van der Waals surface area contributed by atoms with E-state index in [1.165, 1.54) is 18.3 Å². The molecule has 0 fully saturated rings.